The van der Waals surface area contributed by atoms with Crippen LogP contribution < -0.4 is 15.6 Å². The fourth-order valence-corrected chi connectivity index (χ4v) is 8.42. The van der Waals surface area contributed by atoms with Crippen LogP contribution in [-0.2, 0) is 18.9 Å². The number of hydrogen-bond acceptors (Lipinski definition) is 4. The number of hydrogen-bond donors (Lipinski definition) is 2. The van der Waals surface area contributed by atoms with Gasteiger partial charge in [0, 0.05) is 43.1 Å². The van der Waals surface area contributed by atoms with Crippen LogP contribution in [0.1, 0.15) is 23.7 Å². The van der Waals surface area contributed by atoms with Crippen LogP contribution in [0.4, 0.5) is 17.2 Å². The number of benzene rings is 6. The highest BCUT2D eigenvalue weighted by atomic mass is 16.3. The molecule has 2 aromatic heterocycles. The molecule has 2 N–H and O–H groups in total. The Morgan fingerprint density at radius 3 is 1.72 bits per heavy atom. The number of allylic oxidation sites excluding steroid dienone is 2. The third kappa shape index (κ3) is 6.03. The first kappa shape index (κ1) is 36.1. The number of rotatable bonds is 8. The van der Waals surface area contributed by atoms with Gasteiger partial charge < -0.3 is 19.3 Å². The van der Waals surface area contributed by atoms with Gasteiger partial charge in [-0.15, -0.1) is 0 Å². The van der Waals surface area contributed by atoms with Crippen molar-refractivity contribution in [2.45, 2.75) is 6.92 Å². The van der Waals surface area contributed by atoms with Gasteiger partial charge in [0.2, 0.25) is 0 Å². The normalized spacial score (nSPS) is 14.0. The number of anilines is 3. The van der Waals surface area contributed by atoms with Crippen LogP contribution in [0.5, 0.6) is 11.5 Å². The summed E-state index contributed by atoms with van der Waals surface area (Å²) in [4.78, 5) is 16.6. The number of aromatic hydroxyl groups is 2. The van der Waals surface area contributed by atoms with E-state index in [9.17, 15) is 15.0 Å². The van der Waals surface area contributed by atoms with E-state index in [1.165, 1.54) is 0 Å². The van der Waals surface area contributed by atoms with Gasteiger partial charge in [0.15, 0.2) is 5.78 Å². The molecule has 0 spiro atoms. The predicted molar refractivity (Wildman–Crippen MR) is 234 cm³/mol. The molecule has 8 aromatic rings. The first-order valence-electron chi connectivity index (χ1n) is 19.3. The van der Waals surface area contributed by atoms with Gasteiger partial charge in [-0.25, -0.2) is 0 Å². The molecule has 0 radical (unpaired) electrons. The van der Waals surface area contributed by atoms with Gasteiger partial charge in [-0.2, -0.15) is 0 Å². The Bertz CT molecular complexity index is 3000. The van der Waals surface area contributed by atoms with Crippen molar-refractivity contribution in [1.29, 1.82) is 0 Å². The third-order valence-corrected chi connectivity index (χ3v) is 11.2. The molecule has 282 valence electrons. The molecule has 1 aliphatic rings. The molecule has 0 bridgehead atoms. The molecule has 0 fully saturated rings. The SMILES string of the molecule is CC1=C(c2c(O)cc(N(c3ccccc3)c3ccccc3-c3ccccc3)n2C)C(=O)/C1=c1\c(O)c/c(=C(/c2ccccc2)c2ccccc2-c2ccccc2)n1C. The van der Waals surface area contributed by atoms with E-state index < -0.39 is 0 Å². The van der Waals surface area contributed by atoms with Gasteiger partial charge in [0.05, 0.1) is 33.2 Å². The summed E-state index contributed by atoms with van der Waals surface area (Å²) in [5, 5.41) is 24.7. The lowest BCUT2D eigenvalue weighted by Crippen LogP contribution is -2.33. The molecule has 6 aromatic carbocycles. The van der Waals surface area contributed by atoms with Crippen LogP contribution in [0, 0.1) is 0 Å². The number of nitrogens with zero attached hydrogens (tertiary/aromatic N) is 3. The average Bonchev–Trinajstić information content (AvgIpc) is 3.71. The van der Waals surface area contributed by atoms with E-state index >= 15 is 0 Å². The van der Waals surface area contributed by atoms with E-state index in [1.807, 2.05) is 139 Å². The van der Waals surface area contributed by atoms with Gasteiger partial charge in [-0.1, -0.05) is 152 Å². The van der Waals surface area contributed by atoms with Crippen molar-refractivity contribution in [3.05, 3.63) is 215 Å². The second kappa shape index (κ2) is 14.8. The van der Waals surface area contributed by atoms with E-state index in [0.29, 0.717) is 33.6 Å². The Morgan fingerprint density at radius 2 is 1.09 bits per heavy atom. The van der Waals surface area contributed by atoms with E-state index in [4.69, 9.17) is 0 Å². The first-order chi connectivity index (χ1) is 28.3. The molecule has 0 unspecified atom stereocenters. The van der Waals surface area contributed by atoms with Gasteiger partial charge in [0.25, 0.3) is 0 Å². The maximum atomic E-state index is 14.5. The average molecular weight is 756 g/mol. The van der Waals surface area contributed by atoms with Crippen LogP contribution in [0.25, 0.3) is 39.0 Å². The fraction of sp³-hybridized carbons (Fsp3) is 0.0577. The maximum absolute atomic E-state index is 14.5. The quantitative estimate of drug-likeness (QED) is 0.162. The molecule has 9 rings (SSSR count). The van der Waals surface area contributed by atoms with E-state index in [1.54, 1.807) is 12.1 Å². The smallest absolute Gasteiger partial charge is 0.198 e. The van der Waals surface area contributed by atoms with E-state index in [-0.39, 0.29) is 17.3 Å². The molecule has 0 amide bonds. The molecule has 0 saturated heterocycles. The number of carbonyl (C=O) groups is 1. The molecule has 6 nitrogen and oxygen atoms in total. The summed E-state index contributed by atoms with van der Waals surface area (Å²) in [5.41, 5.74) is 10.9. The highest BCUT2D eigenvalue weighted by Gasteiger charge is 2.38. The summed E-state index contributed by atoms with van der Waals surface area (Å²) in [6.45, 7) is 1.89. The minimum atomic E-state index is -0.245. The lowest BCUT2D eigenvalue weighted by Gasteiger charge is -2.29. The van der Waals surface area contributed by atoms with E-state index in [2.05, 4.69) is 65.6 Å². The van der Waals surface area contributed by atoms with Gasteiger partial charge in [-0.3, -0.25) is 9.69 Å². The Balaban J connectivity index is 1.23. The van der Waals surface area contributed by atoms with Crippen LogP contribution >= 0.6 is 0 Å². The Kier molecular flexibility index (Phi) is 9.23. The zero-order valence-corrected chi connectivity index (χ0v) is 32.5. The maximum Gasteiger partial charge on any atom is 0.198 e. The van der Waals surface area contributed by atoms with Crippen molar-refractivity contribution in [2.24, 2.45) is 14.1 Å². The molecule has 0 atom stereocenters. The summed E-state index contributed by atoms with van der Waals surface area (Å²) < 4.78 is 3.80. The summed E-state index contributed by atoms with van der Waals surface area (Å²) in [7, 11) is 3.77. The zero-order chi connectivity index (χ0) is 39.9. The summed E-state index contributed by atoms with van der Waals surface area (Å²) in [6.07, 6.45) is 0. The van der Waals surface area contributed by atoms with Gasteiger partial charge in [-0.05, 0) is 58.5 Å². The summed E-state index contributed by atoms with van der Waals surface area (Å²) >= 11 is 0. The molecule has 2 heterocycles. The third-order valence-electron chi connectivity index (χ3n) is 11.2. The van der Waals surface area contributed by atoms with Crippen LogP contribution in [-0.4, -0.2) is 25.1 Å². The number of Topliss-reactive ketones (excluding diaryl/α,β-unsaturated/α-hetero) is 1. The fourth-order valence-electron chi connectivity index (χ4n) is 8.42. The summed E-state index contributed by atoms with van der Waals surface area (Å²) in [6, 6.07) is 60.6. The van der Waals surface area contributed by atoms with Crippen molar-refractivity contribution in [3.63, 3.8) is 0 Å². The molecule has 6 heteroatoms. The topological polar surface area (TPSA) is 70.6 Å². The van der Waals surface area contributed by atoms with E-state index in [0.717, 1.165) is 55.7 Å². The molecular weight excluding hydrogens is 715 g/mol. The largest absolute Gasteiger partial charge is 0.506 e. The second-order valence-corrected chi connectivity index (χ2v) is 14.5. The Labute approximate surface area is 337 Å². The van der Waals surface area contributed by atoms with Gasteiger partial charge >= 0.3 is 0 Å². The molecule has 0 aliphatic heterocycles. The zero-order valence-electron chi connectivity index (χ0n) is 32.5. The second-order valence-electron chi connectivity index (χ2n) is 14.5. The van der Waals surface area contributed by atoms with Crippen LogP contribution in [0.2, 0.25) is 0 Å². The highest BCUT2D eigenvalue weighted by molar-refractivity contribution is 6.52. The Morgan fingerprint density at radius 1 is 0.552 bits per heavy atom. The van der Waals surface area contributed by atoms with Crippen molar-refractivity contribution in [1.82, 2.24) is 9.13 Å². The first-order valence-corrected chi connectivity index (χ1v) is 19.3. The monoisotopic (exact) mass is 755 g/mol. The number of carbonyl (C=O) groups excluding carboxylic acids is 1. The van der Waals surface area contributed by atoms with Crippen molar-refractivity contribution >= 4 is 39.7 Å². The standard InChI is InChI=1S/C52H41N3O3/c1-34-47(50-44(56)32-43(53(50)2)49(37-24-12-6-13-25-37)41-30-17-16-28-39(41)35-20-8-4-9-21-35)52(58)48(34)51-45(57)33-46(54(51)3)55(38-26-14-7-15-27-38)42-31-19-18-29-40(42)36-22-10-5-11-23-36/h4-33,56-57H,1-3H3/b49-43+,50-47+. The van der Waals surface area contributed by atoms with Gasteiger partial charge in [0.1, 0.15) is 17.3 Å². The van der Waals surface area contributed by atoms with Crippen molar-refractivity contribution in [3.8, 4) is 33.8 Å². The van der Waals surface area contributed by atoms with Crippen molar-refractivity contribution in [2.75, 3.05) is 4.90 Å². The minimum absolute atomic E-state index is 0.00798. The number of ketones is 1. The predicted octanol–water partition coefficient (Wildman–Crippen LogP) is 10.0. The van der Waals surface area contributed by atoms with Crippen LogP contribution in [0.3, 0.4) is 0 Å². The molecular formula is C52H41N3O3. The minimum Gasteiger partial charge on any atom is -0.506 e. The van der Waals surface area contributed by atoms with Crippen LogP contribution in [0.15, 0.2) is 188 Å². The summed E-state index contributed by atoms with van der Waals surface area (Å²) in [5.74, 6) is 0.443. The lowest BCUT2D eigenvalue weighted by molar-refractivity contribution is -0.109. The molecule has 0 saturated carbocycles. The van der Waals surface area contributed by atoms with Crippen molar-refractivity contribution < 1.29 is 15.0 Å². The molecule has 58 heavy (non-hydrogen) atoms. The number of para-hydroxylation sites is 2. The number of aromatic nitrogens is 2. The Hall–Kier alpha value is -7.57. The highest BCUT2D eigenvalue weighted by Crippen LogP contribution is 2.47. The lowest BCUT2D eigenvalue weighted by atomic mass is 9.80. The molecule has 1 aliphatic carbocycles.